The number of carbonyl (C=O) groups is 2. The van der Waals surface area contributed by atoms with Crippen molar-refractivity contribution in [3.05, 3.63) is 47.5 Å². The van der Waals surface area contributed by atoms with Gasteiger partial charge in [0.15, 0.2) is 0 Å². The normalized spacial score (nSPS) is 20.1. The van der Waals surface area contributed by atoms with E-state index < -0.39 is 36.4 Å². The summed E-state index contributed by atoms with van der Waals surface area (Å²) in [6.07, 6.45) is 5.49. The van der Waals surface area contributed by atoms with Crippen molar-refractivity contribution in [3.63, 3.8) is 0 Å². The summed E-state index contributed by atoms with van der Waals surface area (Å²) in [6, 6.07) is 5.36. The van der Waals surface area contributed by atoms with Crippen LogP contribution in [0.15, 0.2) is 36.4 Å². The fourth-order valence-electron chi connectivity index (χ4n) is 3.28. The van der Waals surface area contributed by atoms with Crippen LogP contribution in [0.2, 0.25) is 0 Å². The third kappa shape index (κ3) is 5.86. The molecule has 0 spiro atoms. The summed E-state index contributed by atoms with van der Waals surface area (Å²) in [7, 11) is 0. The SMILES string of the molecule is CCCCCC(O)/C=C/[C@H]1CC(F)(F)C(=O)N1CCc1ccc(C(=O)O)cc1. The van der Waals surface area contributed by atoms with E-state index in [0.717, 1.165) is 29.7 Å². The third-order valence-corrected chi connectivity index (χ3v) is 4.94. The van der Waals surface area contributed by atoms with Crippen LogP contribution in [0.3, 0.4) is 0 Å². The molecule has 1 aliphatic rings. The van der Waals surface area contributed by atoms with Gasteiger partial charge in [0.05, 0.1) is 17.7 Å². The minimum atomic E-state index is -3.41. The van der Waals surface area contributed by atoms with E-state index in [0.29, 0.717) is 12.8 Å². The smallest absolute Gasteiger partial charge is 0.335 e. The molecule has 0 aliphatic carbocycles. The maximum atomic E-state index is 13.9. The second-order valence-corrected chi connectivity index (χ2v) is 7.17. The van der Waals surface area contributed by atoms with Gasteiger partial charge in [0.2, 0.25) is 0 Å². The lowest BCUT2D eigenvalue weighted by Crippen LogP contribution is -2.37. The van der Waals surface area contributed by atoms with Gasteiger partial charge >= 0.3 is 11.9 Å². The minimum absolute atomic E-state index is 0.0990. The number of aromatic carboxylic acids is 1. The molecule has 0 bridgehead atoms. The largest absolute Gasteiger partial charge is 0.478 e. The third-order valence-electron chi connectivity index (χ3n) is 4.94. The number of carbonyl (C=O) groups excluding carboxylic acids is 1. The van der Waals surface area contributed by atoms with Crippen molar-refractivity contribution in [2.75, 3.05) is 6.54 Å². The molecule has 0 aromatic heterocycles. The molecule has 1 aromatic carbocycles. The molecule has 0 radical (unpaired) electrons. The zero-order chi connectivity index (χ0) is 20.7. The van der Waals surface area contributed by atoms with Crippen molar-refractivity contribution in [3.8, 4) is 0 Å². The van der Waals surface area contributed by atoms with Crippen LogP contribution in [0.25, 0.3) is 0 Å². The average Bonchev–Trinajstić information content (AvgIpc) is 2.87. The van der Waals surface area contributed by atoms with Gasteiger partial charge in [-0.2, -0.15) is 8.78 Å². The number of carboxylic acid groups (broad SMARTS) is 1. The first-order valence-corrected chi connectivity index (χ1v) is 9.62. The van der Waals surface area contributed by atoms with Crippen LogP contribution in [-0.2, 0) is 11.2 Å². The van der Waals surface area contributed by atoms with E-state index in [1.807, 2.05) is 0 Å². The number of alkyl halides is 2. The van der Waals surface area contributed by atoms with Crippen LogP contribution in [0, 0.1) is 0 Å². The van der Waals surface area contributed by atoms with E-state index in [2.05, 4.69) is 6.92 Å². The Morgan fingerprint density at radius 1 is 1.32 bits per heavy atom. The van der Waals surface area contributed by atoms with Gasteiger partial charge in [-0.05, 0) is 30.5 Å². The van der Waals surface area contributed by atoms with Crippen molar-refractivity contribution in [1.82, 2.24) is 4.90 Å². The van der Waals surface area contributed by atoms with Gasteiger partial charge in [0.25, 0.3) is 5.91 Å². The molecule has 1 fully saturated rings. The first kappa shape index (κ1) is 22.0. The molecule has 1 unspecified atom stereocenters. The predicted molar refractivity (Wildman–Crippen MR) is 101 cm³/mol. The van der Waals surface area contributed by atoms with Crippen LogP contribution in [0.4, 0.5) is 8.78 Å². The topological polar surface area (TPSA) is 77.8 Å². The summed E-state index contributed by atoms with van der Waals surface area (Å²) >= 11 is 0. The zero-order valence-corrected chi connectivity index (χ0v) is 16.0. The maximum absolute atomic E-state index is 13.9. The fraction of sp³-hybridized carbons (Fsp3) is 0.524. The van der Waals surface area contributed by atoms with Crippen LogP contribution >= 0.6 is 0 Å². The first-order chi connectivity index (χ1) is 13.2. The molecular weight excluding hydrogens is 368 g/mol. The highest BCUT2D eigenvalue weighted by atomic mass is 19.3. The van der Waals surface area contributed by atoms with Gasteiger partial charge in [0, 0.05) is 13.0 Å². The number of amides is 1. The summed E-state index contributed by atoms with van der Waals surface area (Å²) in [5.41, 5.74) is 0.903. The zero-order valence-electron chi connectivity index (χ0n) is 16.0. The van der Waals surface area contributed by atoms with Crippen LogP contribution in [0.1, 0.15) is 54.9 Å². The Labute approximate surface area is 163 Å². The van der Waals surface area contributed by atoms with E-state index in [-0.39, 0.29) is 12.1 Å². The van der Waals surface area contributed by atoms with Crippen LogP contribution in [-0.4, -0.2) is 51.6 Å². The molecule has 1 saturated heterocycles. The van der Waals surface area contributed by atoms with Crippen molar-refractivity contribution < 1.29 is 28.6 Å². The monoisotopic (exact) mass is 395 g/mol. The molecule has 0 saturated carbocycles. The Morgan fingerprint density at radius 2 is 2.00 bits per heavy atom. The van der Waals surface area contributed by atoms with E-state index in [9.17, 15) is 23.5 Å². The number of benzene rings is 1. The van der Waals surface area contributed by atoms with Gasteiger partial charge < -0.3 is 15.1 Å². The molecule has 2 atom stereocenters. The summed E-state index contributed by atoms with van der Waals surface area (Å²) in [5, 5.41) is 18.9. The summed E-state index contributed by atoms with van der Waals surface area (Å²) in [5.74, 6) is -5.65. The van der Waals surface area contributed by atoms with E-state index in [1.54, 1.807) is 12.1 Å². The van der Waals surface area contributed by atoms with Crippen LogP contribution in [0.5, 0.6) is 0 Å². The van der Waals surface area contributed by atoms with Crippen molar-refractivity contribution in [2.24, 2.45) is 0 Å². The number of hydrogen-bond acceptors (Lipinski definition) is 3. The number of rotatable bonds is 10. The number of likely N-dealkylation sites (tertiary alicyclic amines) is 1. The fourth-order valence-corrected chi connectivity index (χ4v) is 3.28. The van der Waals surface area contributed by atoms with E-state index in [1.165, 1.54) is 24.3 Å². The standard InChI is InChI=1S/C21H27F2NO4/c1-2-3-4-5-18(25)11-10-17-14-21(22,23)20(28)24(17)13-12-15-6-8-16(9-7-15)19(26)27/h6-11,17-18,25H,2-5,12-14H2,1H3,(H,26,27)/b11-10+/t17-,18?/m0/s1. The minimum Gasteiger partial charge on any atom is -0.478 e. The number of halogens is 2. The number of hydrogen-bond donors (Lipinski definition) is 2. The lowest BCUT2D eigenvalue weighted by molar-refractivity contribution is -0.148. The molecular formula is C21H27F2NO4. The second-order valence-electron chi connectivity index (χ2n) is 7.17. The van der Waals surface area contributed by atoms with Gasteiger partial charge in [0.1, 0.15) is 0 Å². The number of unbranched alkanes of at least 4 members (excludes halogenated alkanes) is 2. The highest BCUT2D eigenvalue weighted by molar-refractivity contribution is 5.87. The quantitative estimate of drug-likeness (QED) is 0.468. The summed E-state index contributed by atoms with van der Waals surface area (Å²) in [6.45, 7) is 2.16. The van der Waals surface area contributed by atoms with Gasteiger partial charge in [-0.1, -0.05) is 50.5 Å². The predicted octanol–water partition coefficient (Wildman–Crippen LogP) is 3.66. The van der Waals surface area contributed by atoms with Crippen molar-refractivity contribution in [2.45, 2.75) is 63.5 Å². The van der Waals surface area contributed by atoms with E-state index >= 15 is 0 Å². The molecule has 154 valence electrons. The molecule has 1 aromatic rings. The lowest BCUT2D eigenvalue weighted by Gasteiger charge is -2.22. The number of nitrogens with zero attached hydrogens (tertiary/aromatic N) is 1. The maximum Gasteiger partial charge on any atom is 0.335 e. The Bertz CT molecular complexity index is 703. The van der Waals surface area contributed by atoms with Gasteiger partial charge in [-0.3, -0.25) is 4.79 Å². The molecule has 2 N–H and O–H groups in total. The van der Waals surface area contributed by atoms with Crippen molar-refractivity contribution >= 4 is 11.9 Å². The highest BCUT2D eigenvalue weighted by Gasteiger charge is 2.52. The molecule has 28 heavy (non-hydrogen) atoms. The Hall–Kier alpha value is -2.28. The Balaban J connectivity index is 2.00. The van der Waals surface area contributed by atoms with Crippen LogP contribution < -0.4 is 0 Å². The molecule has 7 heteroatoms. The first-order valence-electron chi connectivity index (χ1n) is 9.62. The van der Waals surface area contributed by atoms with Gasteiger partial charge in [-0.15, -0.1) is 0 Å². The summed E-state index contributed by atoms with van der Waals surface area (Å²) in [4.78, 5) is 24.1. The average molecular weight is 395 g/mol. The van der Waals surface area contributed by atoms with E-state index in [4.69, 9.17) is 5.11 Å². The molecule has 1 aliphatic heterocycles. The lowest BCUT2D eigenvalue weighted by atomic mass is 10.1. The number of carboxylic acids is 1. The van der Waals surface area contributed by atoms with Crippen molar-refractivity contribution in [1.29, 1.82) is 0 Å². The highest BCUT2D eigenvalue weighted by Crippen LogP contribution is 2.34. The molecule has 5 nitrogen and oxygen atoms in total. The molecule has 2 rings (SSSR count). The van der Waals surface area contributed by atoms with Gasteiger partial charge in [-0.25, -0.2) is 4.79 Å². The molecule has 1 heterocycles. The number of aliphatic hydroxyl groups is 1. The number of aliphatic hydroxyl groups excluding tert-OH is 1. The second kappa shape index (κ2) is 9.78. The Kier molecular flexibility index (Phi) is 7.69. The molecule has 1 amide bonds. The Morgan fingerprint density at radius 3 is 2.61 bits per heavy atom. The summed E-state index contributed by atoms with van der Waals surface area (Å²) < 4.78 is 27.9.